The van der Waals surface area contributed by atoms with Crippen LogP contribution in [0.3, 0.4) is 0 Å². The Labute approximate surface area is 803 Å². The van der Waals surface area contributed by atoms with E-state index in [1.54, 1.807) is 87.3 Å². The van der Waals surface area contributed by atoms with Crippen LogP contribution >= 0.6 is 69.6 Å². The van der Waals surface area contributed by atoms with Crippen LogP contribution in [-0.2, 0) is 80.0 Å². The SMILES string of the molecule is COc1cc(CCN2CC(C(=O)Nc3ccc(F)c(Cl)c3)CC2=O)ccc1C.COc1ccc(NC(=O)C2CC(=O)N(CCc3ccc(Cl)cc3)C2)cc1.Cc1ccc(NC(=O)C2CC(=O)N(CCc3ccc(Cl)cc3)C2)cc1.Cc1ccc2cc(NC(=O)C3CC(=O)N(CCc4ccc(Cl)cc4)C3)ccc2n1.O=C(Nc1ccc(Cl)cc1)C1CC(=O)N(CCc2ccc(Cl)cc2)C1. The number of methoxy groups -OCH3 is 2. The first-order valence-electron chi connectivity index (χ1n) is 43.8. The number of nitrogens with zero attached hydrogens (tertiary/aromatic N) is 6. The van der Waals surface area contributed by atoms with Crippen LogP contribution in [0, 0.1) is 56.2 Å². The van der Waals surface area contributed by atoms with Crippen LogP contribution in [0.2, 0.25) is 30.1 Å². The molecule has 0 radical (unpaired) electrons. The Morgan fingerprint density at radius 3 is 0.970 bits per heavy atom. The summed E-state index contributed by atoms with van der Waals surface area (Å²) < 4.78 is 23.7. The fourth-order valence-electron chi connectivity index (χ4n) is 15.7. The molecule has 5 saturated heterocycles. The lowest BCUT2D eigenvalue weighted by molar-refractivity contribution is -0.128. The summed E-state index contributed by atoms with van der Waals surface area (Å²) in [5.74, 6) is -1.39. The van der Waals surface area contributed by atoms with Crippen molar-refractivity contribution >= 4 is 168 Å². The molecule has 692 valence electrons. The number of anilines is 5. The van der Waals surface area contributed by atoms with Gasteiger partial charge in [0, 0.05) is 162 Å². The Kier molecular flexibility index (Phi) is 36.2. The summed E-state index contributed by atoms with van der Waals surface area (Å²) in [4.78, 5) is 137. The van der Waals surface area contributed by atoms with Gasteiger partial charge in [-0.05, 0) is 244 Å². The van der Waals surface area contributed by atoms with Crippen molar-refractivity contribution in [2.75, 3.05) is 106 Å². The van der Waals surface area contributed by atoms with Gasteiger partial charge in [0.15, 0.2) is 0 Å². The summed E-state index contributed by atoms with van der Waals surface area (Å²) in [5, 5.41) is 18.6. The molecule has 10 aromatic carbocycles. The molecule has 5 fully saturated rings. The predicted molar refractivity (Wildman–Crippen MR) is 522 cm³/mol. The fourth-order valence-corrected chi connectivity index (χ4v) is 16.5. The number of likely N-dealkylation sites (tertiary alicyclic amines) is 5. The van der Waals surface area contributed by atoms with Gasteiger partial charge in [-0.25, -0.2) is 4.39 Å². The number of hydrogen-bond acceptors (Lipinski definition) is 13. The normalized spacial score (nSPS) is 16.6. The first-order valence-corrected chi connectivity index (χ1v) is 46.0. The van der Waals surface area contributed by atoms with E-state index in [-0.39, 0.29) is 120 Å². The zero-order chi connectivity index (χ0) is 94.8. The Bertz CT molecular complexity index is 5800. The van der Waals surface area contributed by atoms with E-state index < -0.39 is 11.7 Å². The quantitative estimate of drug-likeness (QED) is 0.0321. The number of carbonyl (C=O) groups is 10. The number of amides is 10. The van der Waals surface area contributed by atoms with Crippen LogP contribution in [0.15, 0.2) is 237 Å². The number of pyridine rings is 1. The second-order valence-corrected chi connectivity index (χ2v) is 35.9. The molecule has 0 saturated carbocycles. The number of halogens is 7. The Morgan fingerprint density at radius 1 is 0.338 bits per heavy atom. The molecule has 0 bridgehead atoms. The van der Waals surface area contributed by atoms with Crippen molar-refractivity contribution in [3.63, 3.8) is 0 Å². The largest absolute Gasteiger partial charge is 0.497 e. The number of hydrogen-bond donors (Lipinski definition) is 5. The number of benzene rings is 10. The van der Waals surface area contributed by atoms with Crippen molar-refractivity contribution in [1.29, 1.82) is 0 Å². The van der Waals surface area contributed by atoms with Gasteiger partial charge in [-0.1, -0.05) is 154 Å². The van der Waals surface area contributed by atoms with E-state index in [2.05, 4.69) is 31.6 Å². The van der Waals surface area contributed by atoms with Crippen molar-refractivity contribution in [2.45, 2.75) is 85.0 Å². The molecule has 5 unspecified atom stereocenters. The van der Waals surface area contributed by atoms with Gasteiger partial charge >= 0.3 is 0 Å². The number of ether oxygens (including phenoxy) is 2. The summed E-state index contributed by atoms with van der Waals surface area (Å²) in [6, 6.07) is 71.7. The first-order chi connectivity index (χ1) is 63.9. The van der Waals surface area contributed by atoms with Crippen molar-refractivity contribution < 1.29 is 61.8 Å². The van der Waals surface area contributed by atoms with Crippen molar-refractivity contribution in [3.05, 3.63) is 317 Å². The Hall–Kier alpha value is -12.4. The molecule has 16 rings (SSSR count). The lowest BCUT2D eigenvalue weighted by atomic mass is 10.1. The molecular weight excluding hydrogens is 1810 g/mol. The third kappa shape index (κ3) is 30.0. The molecule has 5 N–H and O–H groups in total. The molecule has 1 aromatic heterocycles. The molecule has 5 aliphatic rings. The third-order valence-corrected chi connectivity index (χ3v) is 25.0. The Balaban J connectivity index is 0.000000150. The maximum Gasteiger partial charge on any atom is 0.229 e. The average molecular weight is 1920 g/mol. The molecule has 5 aliphatic heterocycles. The van der Waals surface area contributed by atoms with Crippen LogP contribution in [0.5, 0.6) is 11.5 Å². The van der Waals surface area contributed by atoms with Gasteiger partial charge in [-0.3, -0.25) is 52.9 Å². The molecule has 30 heteroatoms. The topological polar surface area (TPSA) is 278 Å². The van der Waals surface area contributed by atoms with Gasteiger partial charge in [0.2, 0.25) is 59.1 Å². The molecule has 6 heterocycles. The maximum atomic E-state index is 13.2. The van der Waals surface area contributed by atoms with E-state index in [9.17, 15) is 52.3 Å². The van der Waals surface area contributed by atoms with Crippen LogP contribution in [0.1, 0.15) is 76.7 Å². The minimum atomic E-state index is -0.547. The van der Waals surface area contributed by atoms with E-state index >= 15 is 0 Å². The van der Waals surface area contributed by atoms with Gasteiger partial charge in [-0.2, -0.15) is 0 Å². The maximum absolute atomic E-state index is 13.2. The fraction of sp³-hybridized carbons (Fsp3) is 0.291. The zero-order valence-corrected chi connectivity index (χ0v) is 78.8. The number of aromatic nitrogens is 1. The van der Waals surface area contributed by atoms with E-state index in [1.165, 1.54) is 18.2 Å². The van der Waals surface area contributed by atoms with Gasteiger partial charge in [0.25, 0.3) is 0 Å². The lowest BCUT2D eigenvalue weighted by Crippen LogP contribution is -2.30. The molecule has 0 aliphatic carbocycles. The number of aryl methyl sites for hydroxylation is 3. The van der Waals surface area contributed by atoms with Crippen LogP contribution in [0.25, 0.3) is 10.9 Å². The van der Waals surface area contributed by atoms with Crippen LogP contribution in [-0.4, -0.2) is 168 Å². The molecule has 10 amide bonds. The number of carbonyl (C=O) groups excluding carboxylic acids is 10. The van der Waals surface area contributed by atoms with Gasteiger partial charge in [0.05, 0.1) is 54.3 Å². The highest BCUT2D eigenvalue weighted by molar-refractivity contribution is 6.32. The second kappa shape index (κ2) is 48.3. The van der Waals surface area contributed by atoms with Crippen molar-refractivity contribution in [1.82, 2.24) is 29.5 Å². The lowest BCUT2D eigenvalue weighted by Gasteiger charge is -2.17. The summed E-state index contributed by atoms with van der Waals surface area (Å²) in [5.41, 5.74) is 12.9. The molecule has 11 aromatic rings. The molecular formula is C103H104Cl6FN11O12. The van der Waals surface area contributed by atoms with E-state index in [0.29, 0.717) is 114 Å². The van der Waals surface area contributed by atoms with E-state index in [4.69, 9.17) is 79.1 Å². The highest BCUT2D eigenvalue weighted by Crippen LogP contribution is 2.31. The van der Waals surface area contributed by atoms with E-state index in [0.717, 1.165) is 104 Å². The summed E-state index contributed by atoms with van der Waals surface area (Å²) in [6.07, 6.45) is 4.87. The molecule has 0 spiro atoms. The standard InChI is InChI=1S/C23H22ClN3O2.C21H22ClFN2O3.C20H21ClN2O3.C20H21ClN2O2.C19H18Cl2N2O2/c1-15-2-5-17-12-20(8-9-21(17)25-15)26-23(29)18-13-22(28)27(14-18)11-10-16-3-6-19(24)7-4-16;1-13-3-4-14(9-19(13)28-2)7-8-25-12-15(10-20(25)26)21(27)24-16-5-6-18(23)17(22)11-16;1-26-18-8-6-17(7-9-18)22-20(25)15-12-19(24)23(13-15)11-10-14-2-4-16(21)5-3-14;1-14-2-8-18(9-3-14)22-20(25)16-12-19(24)23(13-16)11-10-15-4-6-17(21)7-5-15;20-15-3-1-13(2-4-15)9-10-23-12-14(11-18(23)24)19(25)22-17-7-5-16(21)6-8-17/h2-9,12,18H,10-11,13-14H2,1H3,(H,26,29);3-6,9,11,15H,7-8,10,12H2,1-2H3,(H,24,27);2-9,15H,10-13H2,1H3,(H,22,25);2-9,16H,10-13H2,1H3,(H,22,25);1-8,14H,9-12H2,(H,22,25). The zero-order valence-electron chi connectivity index (χ0n) is 74.3. The predicted octanol–water partition coefficient (Wildman–Crippen LogP) is 19.1. The molecule has 23 nitrogen and oxygen atoms in total. The smallest absolute Gasteiger partial charge is 0.229 e. The minimum Gasteiger partial charge on any atom is -0.497 e. The molecule has 5 atom stereocenters. The highest BCUT2D eigenvalue weighted by Gasteiger charge is 2.39. The first kappa shape index (κ1) is 99.6. The Morgan fingerprint density at radius 2 is 0.632 bits per heavy atom. The minimum absolute atomic E-state index is 0.0187. The van der Waals surface area contributed by atoms with Gasteiger partial charge < -0.3 is 60.6 Å². The van der Waals surface area contributed by atoms with Crippen molar-refractivity contribution in [2.24, 2.45) is 29.6 Å². The van der Waals surface area contributed by atoms with Crippen LogP contribution < -0.4 is 36.1 Å². The number of rotatable bonds is 27. The number of nitrogens with one attached hydrogen (secondary N) is 5. The highest BCUT2D eigenvalue weighted by atomic mass is 35.5. The van der Waals surface area contributed by atoms with Crippen molar-refractivity contribution in [3.8, 4) is 11.5 Å². The van der Waals surface area contributed by atoms with Gasteiger partial charge in [0.1, 0.15) is 17.3 Å². The number of fused-ring (bicyclic) bond motifs is 1. The summed E-state index contributed by atoms with van der Waals surface area (Å²) in [7, 11) is 3.23. The van der Waals surface area contributed by atoms with E-state index in [1.807, 2.05) is 191 Å². The summed E-state index contributed by atoms with van der Waals surface area (Å²) >= 11 is 35.1. The van der Waals surface area contributed by atoms with Gasteiger partial charge in [-0.15, -0.1) is 0 Å². The average Bonchev–Trinajstić information content (AvgIpc) is 1.55. The monoisotopic (exact) mass is 1920 g/mol. The molecule has 133 heavy (non-hydrogen) atoms. The van der Waals surface area contributed by atoms with Crippen LogP contribution in [0.4, 0.5) is 32.8 Å². The third-order valence-electron chi connectivity index (χ3n) is 23.5. The summed E-state index contributed by atoms with van der Waals surface area (Å²) in [6.45, 7) is 11.1. The second-order valence-electron chi connectivity index (χ2n) is 33.3.